The standard InChI is InChI=1S/C7H14O4/c1-4-7(10-2)6(9)5(8)3-11-4/h4-9H,3H2,1-2H3/t4-,5+,6-,7-/m1/s1. The summed E-state index contributed by atoms with van der Waals surface area (Å²) in [4.78, 5) is 0. The third kappa shape index (κ3) is 1.70. The van der Waals surface area contributed by atoms with Crippen molar-refractivity contribution in [1.29, 1.82) is 0 Å². The van der Waals surface area contributed by atoms with Gasteiger partial charge in [-0.15, -0.1) is 0 Å². The molecular formula is C7H14O4. The van der Waals surface area contributed by atoms with Crippen molar-refractivity contribution in [3.8, 4) is 0 Å². The summed E-state index contributed by atoms with van der Waals surface area (Å²) in [5, 5.41) is 18.5. The summed E-state index contributed by atoms with van der Waals surface area (Å²) in [7, 11) is 1.49. The quantitative estimate of drug-likeness (QED) is 0.527. The number of hydrogen-bond donors (Lipinski definition) is 2. The van der Waals surface area contributed by atoms with E-state index in [0.717, 1.165) is 0 Å². The molecule has 66 valence electrons. The molecule has 4 heteroatoms. The molecule has 1 saturated heterocycles. The Kier molecular flexibility index (Phi) is 2.84. The minimum Gasteiger partial charge on any atom is -0.388 e. The molecule has 1 aliphatic rings. The lowest BCUT2D eigenvalue weighted by Crippen LogP contribution is -2.52. The van der Waals surface area contributed by atoms with Crippen LogP contribution < -0.4 is 0 Å². The topological polar surface area (TPSA) is 58.9 Å². The third-order valence-corrected chi connectivity index (χ3v) is 2.00. The summed E-state index contributed by atoms with van der Waals surface area (Å²) in [5.74, 6) is 0. The Morgan fingerprint density at radius 3 is 2.55 bits per heavy atom. The first-order valence-electron chi connectivity index (χ1n) is 3.67. The molecule has 2 N–H and O–H groups in total. The van der Waals surface area contributed by atoms with Gasteiger partial charge in [-0.25, -0.2) is 0 Å². The Morgan fingerprint density at radius 1 is 1.45 bits per heavy atom. The molecule has 0 aromatic rings. The van der Waals surface area contributed by atoms with Gasteiger partial charge >= 0.3 is 0 Å². The molecule has 0 bridgehead atoms. The van der Waals surface area contributed by atoms with E-state index in [4.69, 9.17) is 14.6 Å². The van der Waals surface area contributed by atoms with E-state index in [1.165, 1.54) is 7.11 Å². The van der Waals surface area contributed by atoms with Crippen molar-refractivity contribution >= 4 is 0 Å². The van der Waals surface area contributed by atoms with E-state index in [1.54, 1.807) is 0 Å². The minimum atomic E-state index is -0.830. The fourth-order valence-electron chi connectivity index (χ4n) is 1.27. The third-order valence-electron chi connectivity index (χ3n) is 2.00. The van der Waals surface area contributed by atoms with Crippen LogP contribution in [0.4, 0.5) is 0 Å². The molecule has 0 aromatic carbocycles. The van der Waals surface area contributed by atoms with E-state index < -0.39 is 18.3 Å². The van der Waals surface area contributed by atoms with Crippen molar-refractivity contribution in [2.45, 2.75) is 31.3 Å². The second-order valence-corrected chi connectivity index (χ2v) is 2.80. The summed E-state index contributed by atoms with van der Waals surface area (Å²) >= 11 is 0. The zero-order valence-electron chi connectivity index (χ0n) is 6.73. The molecule has 0 spiro atoms. The molecule has 0 unspecified atom stereocenters. The predicted molar refractivity (Wildman–Crippen MR) is 38.2 cm³/mol. The SMILES string of the molecule is CO[C@H]1[C@H](O)[C@@H](O)CO[C@@H]1C. The molecule has 1 rings (SSSR count). The maximum atomic E-state index is 9.35. The molecule has 1 heterocycles. The molecule has 0 saturated carbocycles. The van der Waals surface area contributed by atoms with Crippen LogP contribution in [-0.4, -0.2) is 48.3 Å². The predicted octanol–water partition coefficient (Wildman–Crippen LogP) is -0.858. The molecular weight excluding hydrogens is 148 g/mol. The van der Waals surface area contributed by atoms with Gasteiger partial charge in [-0.3, -0.25) is 0 Å². The average molecular weight is 162 g/mol. The van der Waals surface area contributed by atoms with Crippen molar-refractivity contribution < 1.29 is 19.7 Å². The Balaban J connectivity index is 2.55. The smallest absolute Gasteiger partial charge is 0.111 e. The number of aliphatic hydroxyl groups is 2. The van der Waals surface area contributed by atoms with Crippen LogP contribution in [0, 0.1) is 0 Å². The Bertz CT molecular complexity index is 128. The number of rotatable bonds is 1. The van der Waals surface area contributed by atoms with Crippen LogP contribution in [-0.2, 0) is 9.47 Å². The van der Waals surface area contributed by atoms with Gasteiger partial charge in [0.05, 0.1) is 12.7 Å². The fraction of sp³-hybridized carbons (Fsp3) is 1.00. The second-order valence-electron chi connectivity index (χ2n) is 2.80. The van der Waals surface area contributed by atoms with E-state index in [2.05, 4.69) is 0 Å². The molecule has 0 radical (unpaired) electrons. The number of methoxy groups -OCH3 is 1. The molecule has 4 nitrogen and oxygen atoms in total. The lowest BCUT2D eigenvalue weighted by molar-refractivity contribution is -0.190. The summed E-state index contributed by atoms with van der Waals surface area (Å²) < 4.78 is 10.1. The van der Waals surface area contributed by atoms with Gasteiger partial charge in [-0.1, -0.05) is 0 Å². The van der Waals surface area contributed by atoms with Gasteiger partial charge in [0, 0.05) is 7.11 Å². The first-order valence-corrected chi connectivity index (χ1v) is 3.67. The minimum absolute atomic E-state index is 0.154. The maximum Gasteiger partial charge on any atom is 0.111 e. The Hall–Kier alpha value is -0.160. The average Bonchev–Trinajstić information content (AvgIpc) is 1.99. The zero-order chi connectivity index (χ0) is 8.43. The van der Waals surface area contributed by atoms with Crippen LogP contribution in [0.1, 0.15) is 6.92 Å². The maximum absolute atomic E-state index is 9.35. The van der Waals surface area contributed by atoms with E-state index in [-0.39, 0.29) is 12.7 Å². The molecule has 0 amide bonds. The van der Waals surface area contributed by atoms with Crippen molar-refractivity contribution in [1.82, 2.24) is 0 Å². The fourth-order valence-corrected chi connectivity index (χ4v) is 1.27. The summed E-state index contributed by atoms with van der Waals surface area (Å²) in [5.41, 5.74) is 0. The van der Waals surface area contributed by atoms with Crippen LogP contribution in [0.2, 0.25) is 0 Å². The highest BCUT2D eigenvalue weighted by Crippen LogP contribution is 2.17. The van der Waals surface area contributed by atoms with Crippen LogP contribution in [0.3, 0.4) is 0 Å². The van der Waals surface area contributed by atoms with Crippen LogP contribution in [0.15, 0.2) is 0 Å². The van der Waals surface area contributed by atoms with Crippen LogP contribution in [0.5, 0.6) is 0 Å². The highest BCUT2D eigenvalue weighted by molar-refractivity contribution is 4.85. The summed E-state index contributed by atoms with van der Waals surface area (Å²) in [6, 6.07) is 0. The highest BCUT2D eigenvalue weighted by Gasteiger charge is 2.36. The monoisotopic (exact) mass is 162 g/mol. The van der Waals surface area contributed by atoms with Crippen molar-refractivity contribution in [2.75, 3.05) is 13.7 Å². The van der Waals surface area contributed by atoms with Gasteiger partial charge in [-0.05, 0) is 6.92 Å². The number of ether oxygens (including phenoxy) is 2. The van der Waals surface area contributed by atoms with Gasteiger partial charge in [-0.2, -0.15) is 0 Å². The lowest BCUT2D eigenvalue weighted by Gasteiger charge is -2.35. The van der Waals surface area contributed by atoms with E-state index >= 15 is 0 Å². The first-order chi connectivity index (χ1) is 5.16. The molecule has 1 aliphatic heterocycles. The van der Waals surface area contributed by atoms with Gasteiger partial charge in [0.25, 0.3) is 0 Å². The van der Waals surface area contributed by atoms with Crippen molar-refractivity contribution in [3.05, 3.63) is 0 Å². The Labute approximate surface area is 65.7 Å². The van der Waals surface area contributed by atoms with Gasteiger partial charge in [0.1, 0.15) is 18.3 Å². The Morgan fingerprint density at radius 2 is 2.09 bits per heavy atom. The van der Waals surface area contributed by atoms with Gasteiger partial charge in [0.2, 0.25) is 0 Å². The summed E-state index contributed by atoms with van der Waals surface area (Å²) in [6.45, 7) is 1.99. The number of aliphatic hydroxyl groups excluding tert-OH is 2. The largest absolute Gasteiger partial charge is 0.388 e. The van der Waals surface area contributed by atoms with Crippen LogP contribution >= 0.6 is 0 Å². The lowest BCUT2D eigenvalue weighted by atomic mass is 10.0. The van der Waals surface area contributed by atoms with E-state index in [9.17, 15) is 5.11 Å². The molecule has 0 aromatic heterocycles. The second kappa shape index (κ2) is 3.49. The van der Waals surface area contributed by atoms with Crippen molar-refractivity contribution in [3.63, 3.8) is 0 Å². The zero-order valence-corrected chi connectivity index (χ0v) is 6.73. The van der Waals surface area contributed by atoms with E-state index in [1.807, 2.05) is 6.92 Å². The van der Waals surface area contributed by atoms with Crippen molar-refractivity contribution in [2.24, 2.45) is 0 Å². The molecule has 0 aliphatic carbocycles. The van der Waals surface area contributed by atoms with E-state index in [0.29, 0.717) is 0 Å². The molecule has 11 heavy (non-hydrogen) atoms. The normalized spacial score (nSPS) is 45.8. The number of hydrogen-bond acceptors (Lipinski definition) is 4. The summed E-state index contributed by atoms with van der Waals surface area (Å²) in [6.07, 6.45) is -2.22. The molecule has 4 atom stereocenters. The molecule has 1 fully saturated rings. The highest BCUT2D eigenvalue weighted by atomic mass is 16.6. The van der Waals surface area contributed by atoms with Gasteiger partial charge in [0.15, 0.2) is 0 Å². The van der Waals surface area contributed by atoms with Gasteiger partial charge < -0.3 is 19.7 Å². The first kappa shape index (κ1) is 8.93. The van der Waals surface area contributed by atoms with Crippen LogP contribution in [0.25, 0.3) is 0 Å².